The van der Waals surface area contributed by atoms with Gasteiger partial charge in [-0.3, -0.25) is 18.9 Å². The van der Waals surface area contributed by atoms with Gasteiger partial charge in [0, 0.05) is 19.3 Å². The molecule has 4 heterocycles. The van der Waals surface area contributed by atoms with Gasteiger partial charge in [-0.05, 0) is 42.3 Å². The summed E-state index contributed by atoms with van der Waals surface area (Å²) in [6.45, 7) is 4.61. The molecule has 0 bridgehead atoms. The number of amides is 1. The molecule has 8 nitrogen and oxygen atoms in total. The minimum atomic E-state index is -0.225. The second-order valence-electron chi connectivity index (χ2n) is 8.30. The van der Waals surface area contributed by atoms with E-state index in [9.17, 15) is 9.59 Å². The summed E-state index contributed by atoms with van der Waals surface area (Å²) in [5.74, 6) is 1.08. The van der Waals surface area contributed by atoms with Crippen LogP contribution in [0.25, 0.3) is 11.7 Å². The molecule has 0 saturated carbocycles. The van der Waals surface area contributed by atoms with Crippen LogP contribution in [0.3, 0.4) is 0 Å². The second kappa shape index (κ2) is 9.80. The first-order valence-electron chi connectivity index (χ1n) is 11.2. The molecule has 0 spiro atoms. The molecular formula is C25H24N4O4S2. The lowest BCUT2D eigenvalue weighted by molar-refractivity contribution is -0.122. The van der Waals surface area contributed by atoms with E-state index < -0.39 is 0 Å². The number of nitrogens with zero attached hydrogens (tertiary/aromatic N) is 4. The number of hydrogen-bond donors (Lipinski definition) is 0. The predicted octanol–water partition coefficient (Wildman–Crippen LogP) is 3.25. The van der Waals surface area contributed by atoms with Gasteiger partial charge in [0.25, 0.3) is 11.5 Å². The van der Waals surface area contributed by atoms with Crippen LogP contribution in [0.15, 0.2) is 52.3 Å². The van der Waals surface area contributed by atoms with E-state index in [0.29, 0.717) is 59.1 Å². The zero-order chi connectivity index (χ0) is 24.5. The Morgan fingerprint density at radius 2 is 1.89 bits per heavy atom. The lowest BCUT2D eigenvalue weighted by atomic mass is 10.2. The second-order valence-corrected chi connectivity index (χ2v) is 9.98. The fraction of sp³-hybridized carbons (Fsp3) is 0.280. The van der Waals surface area contributed by atoms with Crippen molar-refractivity contribution in [2.45, 2.75) is 13.5 Å². The van der Waals surface area contributed by atoms with Crippen LogP contribution in [0, 0.1) is 6.92 Å². The molecule has 5 rings (SSSR count). The molecule has 2 aliphatic rings. The number of carbonyl (C=O) groups excluding carboxylic acids is 1. The lowest BCUT2D eigenvalue weighted by Crippen LogP contribution is -2.38. The van der Waals surface area contributed by atoms with Crippen molar-refractivity contribution >= 4 is 51.7 Å². The molecule has 1 aromatic carbocycles. The highest BCUT2D eigenvalue weighted by molar-refractivity contribution is 8.26. The topological polar surface area (TPSA) is 76.4 Å². The van der Waals surface area contributed by atoms with Crippen LogP contribution in [-0.2, 0) is 16.1 Å². The van der Waals surface area contributed by atoms with Crippen molar-refractivity contribution in [2.24, 2.45) is 0 Å². The van der Waals surface area contributed by atoms with Crippen LogP contribution < -0.4 is 15.2 Å². The first kappa shape index (κ1) is 23.5. The number of rotatable bonds is 5. The number of fused-ring (bicyclic) bond motifs is 1. The molecule has 3 aromatic rings. The van der Waals surface area contributed by atoms with E-state index in [2.05, 4.69) is 0 Å². The van der Waals surface area contributed by atoms with Gasteiger partial charge in [-0.15, -0.1) is 0 Å². The minimum absolute atomic E-state index is 0.222. The summed E-state index contributed by atoms with van der Waals surface area (Å²) < 4.78 is 12.7. The highest BCUT2D eigenvalue weighted by atomic mass is 32.2. The van der Waals surface area contributed by atoms with E-state index in [1.165, 1.54) is 16.2 Å². The minimum Gasteiger partial charge on any atom is -0.497 e. The van der Waals surface area contributed by atoms with Crippen molar-refractivity contribution in [3.63, 3.8) is 0 Å². The zero-order valence-corrected chi connectivity index (χ0v) is 21.0. The number of carbonyl (C=O) groups is 1. The van der Waals surface area contributed by atoms with Crippen LogP contribution in [-0.4, -0.2) is 57.9 Å². The normalized spacial score (nSPS) is 17.6. The van der Waals surface area contributed by atoms with Gasteiger partial charge in [-0.2, -0.15) is 0 Å². The average Bonchev–Trinajstić information content (AvgIpc) is 3.14. The van der Waals surface area contributed by atoms with Crippen LogP contribution in [0.1, 0.15) is 16.7 Å². The number of aryl methyl sites for hydroxylation is 1. The number of thioether (sulfide) groups is 1. The summed E-state index contributed by atoms with van der Waals surface area (Å²) in [4.78, 5) is 35.7. The molecule has 180 valence electrons. The molecule has 2 aliphatic heterocycles. The lowest BCUT2D eigenvalue weighted by Gasteiger charge is -2.29. The zero-order valence-electron chi connectivity index (χ0n) is 19.4. The Kier molecular flexibility index (Phi) is 6.59. The Morgan fingerprint density at radius 1 is 1.14 bits per heavy atom. The molecule has 2 saturated heterocycles. The van der Waals surface area contributed by atoms with Crippen molar-refractivity contribution in [1.82, 2.24) is 14.3 Å². The summed E-state index contributed by atoms with van der Waals surface area (Å²) in [7, 11) is 1.61. The van der Waals surface area contributed by atoms with Crippen molar-refractivity contribution in [3.05, 3.63) is 74.5 Å². The van der Waals surface area contributed by atoms with Crippen molar-refractivity contribution in [3.8, 4) is 5.75 Å². The standard InChI is InChI=1S/C25H24N4O4S2/c1-16-3-8-21-26-22(27-9-11-33-12-10-27)19(23(30)28(21)14-16)13-20-24(31)29(25(34)35-20)15-17-4-6-18(32-2)7-5-17/h3-8,13-14H,9-12,15H2,1-2H3. The van der Waals surface area contributed by atoms with Crippen molar-refractivity contribution in [1.29, 1.82) is 0 Å². The highest BCUT2D eigenvalue weighted by Crippen LogP contribution is 2.34. The molecule has 10 heteroatoms. The molecule has 0 N–H and O–H groups in total. The summed E-state index contributed by atoms with van der Waals surface area (Å²) in [6, 6.07) is 11.3. The molecule has 35 heavy (non-hydrogen) atoms. The first-order chi connectivity index (χ1) is 16.9. The van der Waals surface area contributed by atoms with Crippen LogP contribution >= 0.6 is 24.0 Å². The Bertz CT molecular complexity index is 1400. The third-order valence-corrected chi connectivity index (χ3v) is 7.32. The third-order valence-electron chi connectivity index (χ3n) is 5.94. The molecule has 0 unspecified atom stereocenters. The summed E-state index contributed by atoms with van der Waals surface area (Å²) in [5.41, 5.74) is 2.59. The smallest absolute Gasteiger partial charge is 0.267 e. The largest absolute Gasteiger partial charge is 0.497 e. The molecule has 1 amide bonds. The maximum absolute atomic E-state index is 13.6. The van der Waals surface area contributed by atoms with E-state index in [-0.39, 0.29) is 11.5 Å². The Labute approximate surface area is 212 Å². The maximum atomic E-state index is 13.6. The molecule has 2 aromatic heterocycles. The van der Waals surface area contributed by atoms with Gasteiger partial charge in [0.2, 0.25) is 0 Å². The van der Waals surface area contributed by atoms with Gasteiger partial charge < -0.3 is 14.4 Å². The van der Waals surface area contributed by atoms with E-state index >= 15 is 0 Å². The van der Waals surface area contributed by atoms with Crippen LogP contribution in [0.2, 0.25) is 0 Å². The van der Waals surface area contributed by atoms with Crippen molar-refractivity contribution in [2.75, 3.05) is 38.3 Å². The summed E-state index contributed by atoms with van der Waals surface area (Å²) in [6.07, 6.45) is 3.40. The number of aromatic nitrogens is 2. The number of pyridine rings is 1. The molecule has 2 fully saturated rings. The number of thiocarbonyl (C=S) groups is 1. The number of anilines is 1. The van der Waals surface area contributed by atoms with Gasteiger partial charge in [0.05, 0.1) is 37.3 Å². The highest BCUT2D eigenvalue weighted by Gasteiger charge is 2.33. The number of methoxy groups -OCH3 is 1. The van der Waals surface area contributed by atoms with Gasteiger partial charge >= 0.3 is 0 Å². The number of morpholine rings is 1. The fourth-order valence-electron chi connectivity index (χ4n) is 4.07. The van der Waals surface area contributed by atoms with E-state index in [0.717, 1.165) is 16.9 Å². The SMILES string of the molecule is COc1ccc(CN2C(=O)C(=Cc3c(N4CCOCC4)nc4ccc(C)cn4c3=O)SC2=S)cc1. The van der Waals surface area contributed by atoms with Gasteiger partial charge in [0.1, 0.15) is 21.5 Å². The van der Waals surface area contributed by atoms with Crippen molar-refractivity contribution < 1.29 is 14.3 Å². The van der Waals surface area contributed by atoms with Crippen LogP contribution in [0.4, 0.5) is 5.82 Å². The van der Waals surface area contributed by atoms with E-state index in [4.69, 9.17) is 26.7 Å². The third kappa shape index (κ3) is 4.69. The quantitative estimate of drug-likeness (QED) is 0.384. The fourth-order valence-corrected chi connectivity index (χ4v) is 5.31. The predicted molar refractivity (Wildman–Crippen MR) is 141 cm³/mol. The maximum Gasteiger partial charge on any atom is 0.267 e. The average molecular weight is 509 g/mol. The Hall–Kier alpha value is -3.21. The summed E-state index contributed by atoms with van der Waals surface area (Å²) >= 11 is 6.72. The van der Waals surface area contributed by atoms with Gasteiger partial charge in [-0.25, -0.2) is 4.98 Å². The summed E-state index contributed by atoms with van der Waals surface area (Å²) in [5, 5.41) is 0. The number of benzene rings is 1. The monoisotopic (exact) mass is 508 g/mol. The number of hydrogen-bond acceptors (Lipinski definition) is 8. The van der Waals surface area contributed by atoms with E-state index in [1.807, 2.05) is 48.2 Å². The van der Waals surface area contributed by atoms with Crippen LogP contribution in [0.5, 0.6) is 5.75 Å². The molecule has 0 aliphatic carbocycles. The molecule has 0 radical (unpaired) electrons. The Morgan fingerprint density at radius 3 is 2.60 bits per heavy atom. The molecular weight excluding hydrogens is 484 g/mol. The molecule has 0 atom stereocenters. The number of ether oxygens (including phenoxy) is 2. The Balaban J connectivity index is 1.53. The van der Waals surface area contributed by atoms with Gasteiger partial charge in [-0.1, -0.05) is 42.2 Å². The first-order valence-corrected chi connectivity index (χ1v) is 12.4. The van der Waals surface area contributed by atoms with E-state index in [1.54, 1.807) is 24.3 Å². The van der Waals surface area contributed by atoms with Gasteiger partial charge in [0.15, 0.2) is 0 Å².